The minimum absolute atomic E-state index is 0.118. The average Bonchev–Trinajstić information content (AvgIpc) is 2.81. The molecule has 0 unspecified atom stereocenters. The van der Waals surface area contributed by atoms with Gasteiger partial charge in [0.2, 0.25) is 0 Å². The Hall–Kier alpha value is -2.32. The van der Waals surface area contributed by atoms with E-state index in [0.717, 1.165) is 4.90 Å². The molecule has 25 heavy (non-hydrogen) atoms. The van der Waals surface area contributed by atoms with E-state index in [1.54, 1.807) is 12.1 Å². The van der Waals surface area contributed by atoms with Gasteiger partial charge in [-0.15, -0.1) is 6.58 Å². The summed E-state index contributed by atoms with van der Waals surface area (Å²) in [6.07, 6.45) is 2.95. The number of nitrogens with one attached hydrogen (secondary N) is 1. The molecule has 1 saturated heterocycles. The number of carbonyl (C=O) groups is 3. The van der Waals surface area contributed by atoms with Crippen LogP contribution in [0.2, 0.25) is 5.02 Å². The first-order valence-corrected chi connectivity index (χ1v) is 8.18. The number of ether oxygens (including phenoxy) is 2. The van der Waals surface area contributed by atoms with E-state index in [1.165, 1.54) is 19.3 Å². The van der Waals surface area contributed by atoms with Crippen molar-refractivity contribution in [3.05, 3.63) is 45.5 Å². The number of urea groups is 1. The van der Waals surface area contributed by atoms with Crippen molar-refractivity contribution in [2.24, 2.45) is 0 Å². The third kappa shape index (κ3) is 4.40. The number of nitrogens with zero attached hydrogens (tertiary/aromatic N) is 1. The van der Waals surface area contributed by atoms with E-state index in [2.05, 4.69) is 32.6 Å². The van der Waals surface area contributed by atoms with Crippen LogP contribution >= 0.6 is 27.5 Å². The van der Waals surface area contributed by atoms with Gasteiger partial charge >= 0.3 is 12.0 Å². The van der Waals surface area contributed by atoms with Crippen LogP contribution in [0, 0.1) is 0 Å². The molecule has 0 aromatic heterocycles. The van der Waals surface area contributed by atoms with E-state index in [4.69, 9.17) is 16.3 Å². The van der Waals surface area contributed by atoms with Crippen LogP contribution in [0.15, 0.2) is 35.0 Å². The topological polar surface area (TPSA) is 84.9 Å². The Morgan fingerprint density at radius 3 is 2.76 bits per heavy atom. The molecule has 132 valence electrons. The molecule has 1 aliphatic heterocycles. The van der Waals surface area contributed by atoms with Gasteiger partial charge in [-0.25, -0.2) is 9.59 Å². The lowest BCUT2D eigenvalue weighted by molar-refractivity contribution is -0.142. The number of benzene rings is 1. The van der Waals surface area contributed by atoms with Crippen molar-refractivity contribution in [1.29, 1.82) is 0 Å². The largest absolute Gasteiger partial charge is 0.479 e. The van der Waals surface area contributed by atoms with Gasteiger partial charge in [-0.1, -0.05) is 17.7 Å². The summed E-state index contributed by atoms with van der Waals surface area (Å²) in [7, 11) is 1.25. The van der Waals surface area contributed by atoms with E-state index in [-0.39, 0.29) is 29.6 Å². The first-order valence-electron chi connectivity index (χ1n) is 7.01. The van der Waals surface area contributed by atoms with Crippen molar-refractivity contribution < 1.29 is 23.9 Å². The van der Waals surface area contributed by atoms with Crippen LogP contribution in [-0.4, -0.2) is 43.1 Å². The summed E-state index contributed by atoms with van der Waals surface area (Å²) in [6.45, 7) is 3.33. The summed E-state index contributed by atoms with van der Waals surface area (Å²) in [4.78, 5) is 36.1. The lowest BCUT2D eigenvalue weighted by Gasteiger charge is -2.10. The van der Waals surface area contributed by atoms with Crippen molar-refractivity contribution in [2.75, 3.05) is 20.3 Å². The predicted molar refractivity (Wildman–Crippen MR) is 95.1 cm³/mol. The third-order valence-electron chi connectivity index (χ3n) is 3.17. The highest BCUT2D eigenvalue weighted by Gasteiger charge is 2.32. The zero-order valence-corrected chi connectivity index (χ0v) is 15.5. The fourth-order valence-electron chi connectivity index (χ4n) is 2.02. The Balaban J connectivity index is 2.24. The summed E-state index contributed by atoms with van der Waals surface area (Å²) in [5, 5.41) is 2.71. The third-order valence-corrected chi connectivity index (χ3v) is 4.04. The molecule has 1 heterocycles. The standard InChI is InChI=1S/C16H14BrClN2O5/c1-3-4-20-15(22)12(19-16(20)23)7-9-5-10(17)14(11(18)6-9)25-8-13(21)24-2/h3,5-7H,1,4,8H2,2H3,(H,19,23)/b12-7+. The van der Waals surface area contributed by atoms with Gasteiger partial charge in [0.1, 0.15) is 5.70 Å². The van der Waals surface area contributed by atoms with Crippen LogP contribution < -0.4 is 10.1 Å². The molecule has 1 fully saturated rings. The Kier molecular flexibility index (Phi) is 6.22. The van der Waals surface area contributed by atoms with E-state index < -0.39 is 17.9 Å². The lowest BCUT2D eigenvalue weighted by Crippen LogP contribution is -2.30. The SMILES string of the molecule is C=CCN1C(=O)N/C(=C/c2cc(Cl)c(OCC(=O)OC)c(Br)c2)C1=O. The molecule has 2 rings (SSSR count). The number of carbonyl (C=O) groups excluding carboxylic acids is 3. The molecule has 9 heteroatoms. The molecule has 1 aromatic carbocycles. The number of esters is 1. The molecule has 1 N–H and O–H groups in total. The molecule has 0 saturated carbocycles. The Bertz CT molecular complexity index is 755. The first-order chi connectivity index (χ1) is 11.9. The van der Waals surface area contributed by atoms with E-state index in [9.17, 15) is 14.4 Å². The van der Waals surface area contributed by atoms with Crippen LogP contribution in [0.3, 0.4) is 0 Å². The highest BCUT2D eigenvalue weighted by molar-refractivity contribution is 9.10. The van der Waals surface area contributed by atoms with E-state index in [1.807, 2.05) is 0 Å². The van der Waals surface area contributed by atoms with E-state index >= 15 is 0 Å². The molecule has 1 aromatic rings. The molecule has 7 nitrogen and oxygen atoms in total. The summed E-state index contributed by atoms with van der Waals surface area (Å²) >= 11 is 9.45. The maximum atomic E-state index is 12.2. The number of hydrogen-bond acceptors (Lipinski definition) is 5. The van der Waals surface area contributed by atoms with Crippen LogP contribution in [0.5, 0.6) is 5.75 Å². The smallest absolute Gasteiger partial charge is 0.343 e. The monoisotopic (exact) mass is 428 g/mol. The second-order valence-corrected chi connectivity index (χ2v) is 6.13. The van der Waals surface area contributed by atoms with Gasteiger partial charge in [-0.3, -0.25) is 9.69 Å². The highest BCUT2D eigenvalue weighted by atomic mass is 79.9. The van der Waals surface area contributed by atoms with Gasteiger partial charge < -0.3 is 14.8 Å². The molecule has 0 bridgehead atoms. The number of rotatable bonds is 6. The van der Waals surface area contributed by atoms with Gasteiger partial charge in [0.05, 0.1) is 16.6 Å². The minimum atomic E-state index is -0.546. The molecule has 3 amide bonds. The molecular formula is C16H14BrClN2O5. The fraction of sp³-hybridized carbons (Fsp3) is 0.188. The van der Waals surface area contributed by atoms with Gasteiger partial charge in [-0.05, 0) is 39.7 Å². The first kappa shape index (κ1) is 19.0. The second kappa shape index (κ2) is 8.17. The van der Waals surface area contributed by atoms with Crippen molar-refractivity contribution in [3.8, 4) is 5.75 Å². The predicted octanol–water partition coefficient (Wildman–Crippen LogP) is 2.73. The highest BCUT2D eigenvalue weighted by Crippen LogP contribution is 2.35. The molecule has 1 aliphatic rings. The quantitative estimate of drug-likeness (QED) is 0.325. The number of amides is 3. The Morgan fingerprint density at radius 2 is 2.16 bits per heavy atom. The van der Waals surface area contributed by atoms with Gasteiger partial charge in [-0.2, -0.15) is 0 Å². The maximum absolute atomic E-state index is 12.2. The summed E-state index contributed by atoms with van der Waals surface area (Å²) in [5.74, 6) is -0.733. The average molecular weight is 430 g/mol. The van der Waals surface area contributed by atoms with E-state index in [0.29, 0.717) is 10.0 Å². The van der Waals surface area contributed by atoms with Crippen molar-refractivity contribution in [2.45, 2.75) is 0 Å². The summed E-state index contributed by atoms with van der Waals surface area (Å²) < 4.78 is 10.3. The Labute approximate surface area is 157 Å². The summed E-state index contributed by atoms with van der Waals surface area (Å²) in [5.41, 5.74) is 0.685. The van der Waals surface area contributed by atoms with Crippen molar-refractivity contribution in [1.82, 2.24) is 10.2 Å². The molecule has 0 atom stereocenters. The lowest BCUT2D eigenvalue weighted by atomic mass is 10.2. The fourth-order valence-corrected chi connectivity index (χ4v) is 3.01. The number of halogens is 2. The summed E-state index contributed by atoms with van der Waals surface area (Å²) in [6, 6.07) is 2.67. The van der Waals surface area contributed by atoms with Gasteiger partial charge in [0.15, 0.2) is 12.4 Å². The van der Waals surface area contributed by atoms with Gasteiger partial charge in [0, 0.05) is 6.54 Å². The molecule has 0 radical (unpaired) electrons. The van der Waals surface area contributed by atoms with Crippen LogP contribution in [0.25, 0.3) is 6.08 Å². The molecule has 0 aliphatic carbocycles. The zero-order chi connectivity index (χ0) is 18.6. The number of methoxy groups -OCH3 is 1. The van der Waals surface area contributed by atoms with Gasteiger partial charge in [0.25, 0.3) is 5.91 Å². The number of hydrogen-bond donors (Lipinski definition) is 1. The number of imide groups is 1. The Morgan fingerprint density at radius 1 is 1.44 bits per heavy atom. The van der Waals surface area contributed by atoms with Crippen molar-refractivity contribution in [3.63, 3.8) is 0 Å². The normalized spacial score (nSPS) is 15.3. The molecule has 0 spiro atoms. The van der Waals surface area contributed by atoms with Crippen LogP contribution in [0.1, 0.15) is 5.56 Å². The van der Waals surface area contributed by atoms with Crippen molar-refractivity contribution >= 4 is 51.5 Å². The minimum Gasteiger partial charge on any atom is -0.479 e. The molecular weight excluding hydrogens is 416 g/mol. The second-order valence-electron chi connectivity index (χ2n) is 4.87. The zero-order valence-electron chi connectivity index (χ0n) is 13.2. The van der Waals surface area contributed by atoms with Crippen LogP contribution in [-0.2, 0) is 14.3 Å². The maximum Gasteiger partial charge on any atom is 0.343 e. The van der Waals surface area contributed by atoms with Crippen LogP contribution in [0.4, 0.5) is 4.79 Å².